The Hall–Kier alpha value is -1.26. The van der Waals surface area contributed by atoms with Crippen molar-refractivity contribution in [2.24, 2.45) is 5.73 Å². The van der Waals surface area contributed by atoms with Crippen molar-refractivity contribution in [3.63, 3.8) is 0 Å². The monoisotopic (exact) mass is 257 g/mol. The van der Waals surface area contributed by atoms with Gasteiger partial charge in [-0.25, -0.2) is 0 Å². The van der Waals surface area contributed by atoms with Gasteiger partial charge in [-0.05, 0) is 19.5 Å². The molecule has 17 heavy (non-hydrogen) atoms. The number of hydrogen-bond donors (Lipinski definition) is 1. The smallest absolute Gasteiger partial charge is 0.167 e. The van der Waals surface area contributed by atoms with Crippen molar-refractivity contribution in [1.29, 1.82) is 0 Å². The van der Waals surface area contributed by atoms with Crippen LogP contribution in [-0.4, -0.2) is 26.0 Å². The number of hydrogen-bond acceptors (Lipinski definition) is 4. The number of ketones is 1. The highest BCUT2D eigenvalue weighted by molar-refractivity contribution is 6.32. The molecule has 0 bridgehead atoms. The molecule has 0 spiro atoms. The average molecular weight is 258 g/mol. The first-order valence-corrected chi connectivity index (χ1v) is 5.75. The van der Waals surface area contributed by atoms with E-state index < -0.39 is 0 Å². The Morgan fingerprint density at radius 1 is 1.41 bits per heavy atom. The average Bonchev–Trinajstić information content (AvgIpc) is 2.31. The number of nitrogens with two attached hydrogens (primary N) is 1. The minimum Gasteiger partial charge on any atom is -0.495 e. The lowest BCUT2D eigenvalue weighted by molar-refractivity contribution is 0.0981. The van der Waals surface area contributed by atoms with Crippen molar-refractivity contribution in [2.75, 3.05) is 20.3 Å². The molecule has 0 atom stereocenters. The van der Waals surface area contributed by atoms with E-state index in [0.29, 0.717) is 35.2 Å². The van der Waals surface area contributed by atoms with E-state index in [4.69, 9.17) is 26.8 Å². The summed E-state index contributed by atoms with van der Waals surface area (Å²) in [5.74, 6) is 0.882. The summed E-state index contributed by atoms with van der Waals surface area (Å²) >= 11 is 5.98. The van der Waals surface area contributed by atoms with E-state index in [-0.39, 0.29) is 12.2 Å². The zero-order chi connectivity index (χ0) is 12.8. The fourth-order valence-corrected chi connectivity index (χ4v) is 1.69. The molecule has 0 aromatic heterocycles. The lowest BCUT2D eigenvalue weighted by Gasteiger charge is -2.12. The molecule has 0 saturated heterocycles. The van der Waals surface area contributed by atoms with Crippen LogP contribution in [0, 0.1) is 0 Å². The zero-order valence-corrected chi connectivity index (χ0v) is 10.7. The van der Waals surface area contributed by atoms with Crippen molar-refractivity contribution in [1.82, 2.24) is 0 Å². The van der Waals surface area contributed by atoms with Gasteiger partial charge in [-0.3, -0.25) is 4.79 Å². The van der Waals surface area contributed by atoms with Gasteiger partial charge in [0.2, 0.25) is 0 Å². The Balaban J connectivity index is 3.17. The number of Topliss-reactive ketones (excluding diaryl/α,β-unsaturated/α-hetero) is 1. The maximum atomic E-state index is 11.8. The van der Waals surface area contributed by atoms with Gasteiger partial charge in [0.25, 0.3) is 0 Å². The molecular formula is C12H16ClNO3. The van der Waals surface area contributed by atoms with Crippen LogP contribution in [0.4, 0.5) is 0 Å². The number of ether oxygens (including phenoxy) is 2. The highest BCUT2D eigenvalue weighted by Crippen LogP contribution is 2.33. The van der Waals surface area contributed by atoms with E-state index in [1.165, 1.54) is 7.11 Å². The van der Waals surface area contributed by atoms with Crippen molar-refractivity contribution < 1.29 is 14.3 Å². The first-order valence-electron chi connectivity index (χ1n) is 5.37. The molecule has 4 nitrogen and oxygen atoms in total. The van der Waals surface area contributed by atoms with Crippen molar-refractivity contribution >= 4 is 17.4 Å². The highest BCUT2D eigenvalue weighted by Gasteiger charge is 2.15. The zero-order valence-electron chi connectivity index (χ0n) is 9.96. The lowest BCUT2D eigenvalue weighted by Crippen LogP contribution is -2.10. The summed E-state index contributed by atoms with van der Waals surface area (Å²) in [5, 5.41) is 0.385. The van der Waals surface area contributed by atoms with Gasteiger partial charge in [0.1, 0.15) is 11.5 Å². The summed E-state index contributed by atoms with van der Waals surface area (Å²) in [7, 11) is 1.51. The number of halogens is 1. The Labute approximate surface area is 106 Å². The van der Waals surface area contributed by atoms with Gasteiger partial charge in [-0.2, -0.15) is 0 Å². The maximum Gasteiger partial charge on any atom is 0.167 e. The standard InChI is InChI=1S/C12H16ClNO3/c1-3-17-11-7-12(16-2)9(13)6-8(11)10(15)4-5-14/h6-7H,3-5,14H2,1-2H3. The molecule has 0 aliphatic heterocycles. The number of rotatable bonds is 6. The van der Waals surface area contributed by atoms with Crippen LogP contribution in [0.25, 0.3) is 0 Å². The first kappa shape index (κ1) is 13.8. The molecule has 5 heteroatoms. The van der Waals surface area contributed by atoms with Gasteiger partial charge in [0.05, 0.1) is 24.3 Å². The number of benzene rings is 1. The SMILES string of the molecule is CCOc1cc(OC)c(Cl)cc1C(=O)CCN. The molecule has 0 unspecified atom stereocenters. The Kier molecular flexibility index (Phi) is 5.25. The predicted molar refractivity (Wildman–Crippen MR) is 67.2 cm³/mol. The van der Waals surface area contributed by atoms with Crippen molar-refractivity contribution in [3.8, 4) is 11.5 Å². The second kappa shape index (κ2) is 6.47. The van der Waals surface area contributed by atoms with Crippen LogP contribution < -0.4 is 15.2 Å². The molecule has 0 aliphatic carbocycles. The van der Waals surface area contributed by atoms with Gasteiger partial charge in [0, 0.05) is 12.5 Å². The van der Waals surface area contributed by atoms with Gasteiger partial charge < -0.3 is 15.2 Å². The summed E-state index contributed by atoms with van der Waals surface area (Å²) in [4.78, 5) is 11.8. The fourth-order valence-electron chi connectivity index (χ4n) is 1.45. The molecule has 0 heterocycles. The molecule has 0 aliphatic rings. The van der Waals surface area contributed by atoms with E-state index in [9.17, 15) is 4.79 Å². The van der Waals surface area contributed by atoms with Gasteiger partial charge in [-0.15, -0.1) is 0 Å². The number of carbonyl (C=O) groups is 1. The predicted octanol–water partition coefficient (Wildman–Crippen LogP) is 2.28. The largest absolute Gasteiger partial charge is 0.495 e. The molecular weight excluding hydrogens is 242 g/mol. The van der Waals surface area contributed by atoms with Crippen molar-refractivity contribution in [2.45, 2.75) is 13.3 Å². The third-order valence-corrected chi connectivity index (χ3v) is 2.52. The fraction of sp³-hybridized carbons (Fsp3) is 0.417. The van der Waals surface area contributed by atoms with Crippen LogP contribution >= 0.6 is 11.6 Å². The van der Waals surface area contributed by atoms with E-state index in [1.807, 2.05) is 6.92 Å². The highest BCUT2D eigenvalue weighted by atomic mass is 35.5. The number of carbonyl (C=O) groups excluding carboxylic acids is 1. The second-order valence-corrected chi connectivity index (χ2v) is 3.78. The first-order chi connectivity index (χ1) is 8.13. The Bertz CT molecular complexity index is 407. The summed E-state index contributed by atoms with van der Waals surface area (Å²) in [5.41, 5.74) is 5.81. The minimum atomic E-state index is -0.0829. The van der Waals surface area contributed by atoms with E-state index in [2.05, 4.69) is 0 Å². The van der Waals surface area contributed by atoms with Crippen LogP contribution in [0.2, 0.25) is 5.02 Å². The van der Waals surface area contributed by atoms with Gasteiger partial charge in [0.15, 0.2) is 5.78 Å². The quantitative estimate of drug-likeness (QED) is 0.795. The lowest BCUT2D eigenvalue weighted by atomic mass is 10.1. The molecule has 0 radical (unpaired) electrons. The molecule has 0 fully saturated rings. The summed E-state index contributed by atoms with van der Waals surface area (Å²) in [6.07, 6.45) is 0.267. The van der Waals surface area contributed by atoms with Crippen LogP contribution in [0.15, 0.2) is 12.1 Å². The molecule has 0 saturated carbocycles. The minimum absolute atomic E-state index is 0.0829. The molecule has 94 valence electrons. The van der Waals surface area contributed by atoms with E-state index >= 15 is 0 Å². The Morgan fingerprint density at radius 3 is 2.65 bits per heavy atom. The Morgan fingerprint density at radius 2 is 2.12 bits per heavy atom. The van der Waals surface area contributed by atoms with Crippen LogP contribution in [0.3, 0.4) is 0 Å². The van der Waals surface area contributed by atoms with Crippen LogP contribution in [-0.2, 0) is 0 Å². The summed E-state index contributed by atoms with van der Waals surface area (Å²) in [6, 6.07) is 3.18. The normalized spacial score (nSPS) is 10.1. The third kappa shape index (κ3) is 3.35. The number of methoxy groups -OCH3 is 1. The van der Waals surface area contributed by atoms with Gasteiger partial charge in [-0.1, -0.05) is 11.6 Å². The molecule has 2 N–H and O–H groups in total. The summed E-state index contributed by atoms with van der Waals surface area (Å²) in [6.45, 7) is 2.61. The topological polar surface area (TPSA) is 61.5 Å². The van der Waals surface area contributed by atoms with Crippen LogP contribution in [0.1, 0.15) is 23.7 Å². The molecule has 0 amide bonds. The summed E-state index contributed by atoms with van der Waals surface area (Å²) < 4.78 is 10.5. The van der Waals surface area contributed by atoms with Gasteiger partial charge >= 0.3 is 0 Å². The van der Waals surface area contributed by atoms with E-state index in [1.54, 1.807) is 12.1 Å². The third-order valence-electron chi connectivity index (χ3n) is 2.23. The molecule has 1 aromatic carbocycles. The van der Waals surface area contributed by atoms with Crippen LogP contribution in [0.5, 0.6) is 11.5 Å². The second-order valence-electron chi connectivity index (χ2n) is 3.38. The van der Waals surface area contributed by atoms with Crippen molar-refractivity contribution in [3.05, 3.63) is 22.7 Å². The van der Waals surface area contributed by atoms with E-state index in [0.717, 1.165) is 0 Å². The maximum absolute atomic E-state index is 11.8. The molecule has 1 aromatic rings. The molecule has 1 rings (SSSR count).